The Kier molecular flexibility index (Phi) is 4.32. The first-order valence-corrected chi connectivity index (χ1v) is 7.95. The number of guanidine groups is 2. The third-order valence-corrected chi connectivity index (χ3v) is 4.53. The third-order valence-electron chi connectivity index (χ3n) is 4.53. The molecule has 1 aliphatic carbocycles. The molecule has 1 aromatic carbocycles. The number of rotatable bonds is 2. The van der Waals surface area contributed by atoms with Gasteiger partial charge in [0.25, 0.3) is 0 Å². The van der Waals surface area contributed by atoms with E-state index in [0.29, 0.717) is 18.9 Å². The fourth-order valence-corrected chi connectivity index (χ4v) is 3.45. The number of benzene rings is 1. The van der Waals surface area contributed by atoms with Crippen LogP contribution < -0.4 is 16.4 Å². The quantitative estimate of drug-likeness (QED) is 0.791. The van der Waals surface area contributed by atoms with Crippen LogP contribution in [0.1, 0.15) is 42.5 Å². The number of hydrogen-bond acceptors (Lipinski definition) is 7. The van der Waals surface area contributed by atoms with Crippen LogP contribution in [-0.2, 0) is 4.74 Å². The molecule has 3 rings (SSSR count). The van der Waals surface area contributed by atoms with Crippen molar-refractivity contribution in [3.05, 3.63) is 29.3 Å². The summed E-state index contributed by atoms with van der Waals surface area (Å²) in [6, 6.07) is 1.71. The number of halogens is 2. The molecule has 0 unspecified atom stereocenters. The highest BCUT2D eigenvalue weighted by atomic mass is 19.1. The molecule has 0 bridgehead atoms. The van der Waals surface area contributed by atoms with Crippen LogP contribution in [0.3, 0.4) is 0 Å². The predicted octanol–water partition coefficient (Wildman–Crippen LogP) is 1.86. The van der Waals surface area contributed by atoms with Crippen LogP contribution in [0.15, 0.2) is 22.1 Å². The maximum Gasteiger partial charge on any atom is 0.340 e. The van der Waals surface area contributed by atoms with E-state index in [-0.39, 0.29) is 23.2 Å². The fraction of sp³-hybridized carbons (Fsp3) is 0.438. The van der Waals surface area contributed by atoms with Gasteiger partial charge in [-0.1, -0.05) is 6.42 Å². The minimum absolute atomic E-state index is 0.0198. The summed E-state index contributed by atoms with van der Waals surface area (Å²) >= 11 is 0. The molecule has 0 atom stereocenters. The Labute approximate surface area is 143 Å². The molecule has 1 fully saturated rings. The van der Waals surface area contributed by atoms with E-state index in [9.17, 15) is 13.6 Å². The average Bonchev–Trinajstić information content (AvgIpc) is 2.56. The highest BCUT2D eigenvalue weighted by molar-refractivity contribution is 6.06. The van der Waals surface area contributed by atoms with Crippen LogP contribution in [0, 0.1) is 11.6 Å². The Hall–Kier alpha value is -2.71. The number of nitrogens with zero attached hydrogens (tertiary/aromatic N) is 3. The van der Waals surface area contributed by atoms with Crippen molar-refractivity contribution in [3.8, 4) is 0 Å². The van der Waals surface area contributed by atoms with Crippen molar-refractivity contribution in [2.75, 3.05) is 12.0 Å². The van der Waals surface area contributed by atoms with Gasteiger partial charge in [-0.05, 0) is 31.7 Å². The second kappa shape index (κ2) is 6.30. The van der Waals surface area contributed by atoms with Gasteiger partial charge in [-0.15, -0.1) is 0 Å². The minimum Gasteiger partial charge on any atom is -0.465 e. The summed E-state index contributed by atoms with van der Waals surface area (Å²) in [5.41, 5.74) is 10.4. The summed E-state index contributed by atoms with van der Waals surface area (Å²) in [5, 5.41) is 0. The summed E-state index contributed by atoms with van der Waals surface area (Å²) in [6.45, 7) is 0. The molecule has 1 aromatic rings. The number of aliphatic imine (C=N–C) groups is 2. The van der Waals surface area contributed by atoms with Crippen molar-refractivity contribution in [1.29, 1.82) is 0 Å². The molecule has 1 heterocycles. The number of esters is 1. The first-order valence-electron chi connectivity index (χ1n) is 7.95. The van der Waals surface area contributed by atoms with E-state index in [1.54, 1.807) is 0 Å². The maximum atomic E-state index is 14.6. The van der Waals surface area contributed by atoms with Crippen molar-refractivity contribution in [1.82, 2.24) is 0 Å². The molecule has 2 aliphatic rings. The average molecular weight is 351 g/mol. The molecule has 1 saturated carbocycles. The number of nitrogens with two attached hydrogens (primary N) is 2. The summed E-state index contributed by atoms with van der Waals surface area (Å²) in [4.78, 5) is 21.5. The first-order chi connectivity index (χ1) is 11.9. The highest BCUT2D eigenvalue weighted by Gasteiger charge is 2.43. The molecule has 1 spiro atoms. The van der Waals surface area contributed by atoms with Crippen LogP contribution in [0.2, 0.25) is 0 Å². The Morgan fingerprint density at radius 3 is 2.52 bits per heavy atom. The van der Waals surface area contributed by atoms with Gasteiger partial charge in [0.05, 0.1) is 18.4 Å². The van der Waals surface area contributed by atoms with Gasteiger partial charge in [0.15, 0.2) is 0 Å². The number of ether oxygens (including phenoxy) is 1. The van der Waals surface area contributed by atoms with Crippen LogP contribution in [0.5, 0.6) is 0 Å². The van der Waals surface area contributed by atoms with Gasteiger partial charge in [0.1, 0.15) is 17.3 Å². The second-order valence-electron chi connectivity index (χ2n) is 6.09. The van der Waals surface area contributed by atoms with Gasteiger partial charge in [0, 0.05) is 6.07 Å². The molecule has 25 heavy (non-hydrogen) atoms. The van der Waals surface area contributed by atoms with Gasteiger partial charge in [-0.2, -0.15) is 4.99 Å². The standard InChI is InChI=1S/C16H19F2N5O2/c1-25-13(24)9-7-12(11(18)8-10(9)17)23-15(20)21-14(19)22-16(23)5-3-2-4-6-16/h7-8H,2-6H2,1H3,(H4,19,20,21,22). The van der Waals surface area contributed by atoms with Crippen LogP contribution in [0.4, 0.5) is 14.5 Å². The van der Waals surface area contributed by atoms with E-state index in [4.69, 9.17) is 11.5 Å². The van der Waals surface area contributed by atoms with E-state index < -0.39 is 23.3 Å². The predicted molar refractivity (Wildman–Crippen MR) is 89.2 cm³/mol. The van der Waals surface area contributed by atoms with E-state index in [1.165, 1.54) is 4.90 Å². The van der Waals surface area contributed by atoms with Gasteiger partial charge >= 0.3 is 5.97 Å². The van der Waals surface area contributed by atoms with Crippen molar-refractivity contribution in [3.63, 3.8) is 0 Å². The number of anilines is 1. The smallest absolute Gasteiger partial charge is 0.340 e. The van der Waals surface area contributed by atoms with E-state index in [2.05, 4.69) is 14.7 Å². The topological polar surface area (TPSA) is 106 Å². The van der Waals surface area contributed by atoms with Crippen molar-refractivity contribution in [2.45, 2.75) is 37.8 Å². The molecule has 9 heteroatoms. The summed E-state index contributed by atoms with van der Waals surface area (Å²) in [7, 11) is 1.12. The molecule has 0 saturated heterocycles. The number of carbonyl (C=O) groups excluding carboxylic acids is 1. The first kappa shape index (κ1) is 17.1. The molecule has 1 aliphatic heterocycles. The Morgan fingerprint density at radius 2 is 1.88 bits per heavy atom. The lowest BCUT2D eigenvalue weighted by Crippen LogP contribution is -2.58. The minimum atomic E-state index is -1.01. The van der Waals surface area contributed by atoms with Crippen LogP contribution >= 0.6 is 0 Å². The van der Waals surface area contributed by atoms with Crippen molar-refractivity contribution >= 4 is 23.6 Å². The number of hydrogen-bond donors (Lipinski definition) is 2. The molecule has 0 aromatic heterocycles. The van der Waals surface area contributed by atoms with Gasteiger partial charge < -0.3 is 16.2 Å². The Balaban J connectivity index is 2.16. The summed E-state index contributed by atoms with van der Waals surface area (Å²) < 4.78 is 33.1. The van der Waals surface area contributed by atoms with Crippen molar-refractivity contribution < 1.29 is 18.3 Å². The van der Waals surface area contributed by atoms with Gasteiger partial charge in [-0.25, -0.2) is 18.6 Å². The fourth-order valence-electron chi connectivity index (χ4n) is 3.45. The number of carbonyl (C=O) groups is 1. The molecule has 0 amide bonds. The van der Waals surface area contributed by atoms with Crippen molar-refractivity contribution in [2.24, 2.45) is 21.5 Å². The Bertz CT molecular complexity index is 772. The molecule has 134 valence electrons. The largest absolute Gasteiger partial charge is 0.465 e. The van der Waals surface area contributed by atoms with Gasteiger partial charge in [0.2, 0.25) is 11.9 Å². The molecule has 0 radical (unpaired) electrons. The van der Waals surface area contributed by atoms with Gasteiger partial charge in [-0.3, -0.25) is 4.90 Å². The summed E-state index contributed by atoms with van der Waals surface area (Å²) in [5.74, 6) is -2.82. The lowest BCUT2D eigenvalue weighted by atomic mass is 9.87. The third kappa shape index (κ3) is 2.90. The zero-order valence-electron chi connectivity index (χ0n) is 13.8. The second-order valence-corrected chi connectivity index (χ2v) is 6.09. The Morgan fingerprint density at radius 1 is 1.20 bits per heavy atom. The van der Waals surface area contributed by atoms with E-state index in [1.807, 2.05) is 0 Å². The zero-order valence-corrected chi connectivity index (χ0v) is 13.8. The zero-order chi connectivity index (χ0) is 18.2. The normalized spacial score (nSPS) is 19.4. The van der Waals surface area contributed by atoms with Crippen LogP contribution in [0.25, 0.3) is 0 Å². The maximum absolute atomic E-state index is 14.6. The molecule has 4 N–H and O–H groups in total. The monoisotopic (exact) mass is 351 g/mol. The SMILES string of the molecule is COC(=O)c1cc(N2C(N)=NC(N)=NC23CCCCC3)c(F)cc1F. The molecule has 7 nitrogen and oxygen atoms in total. The van der Waals surface area contributed by atoms with E-state index in [0.717, 1.165) is 32.4 Å². The lowest BCUT2D eigenvalue weighted by molar-refractivity contribution is 0.0595. The molecular weight excluding hydrogens is 332 g/mol. The van der Waals surface area contributed by atoms with Crippen LogP contribution in [-0.4, -0.2) is 30.7 Å². The number of methoxy groups -OCH3 is 1. The summed E-state index contributed by atoms with van der Waals surface area (Å²) in [6.07, 6.45) is 3.91. The lowest BCUT2D eigenvalue weighted by Gasteiger charge is -2.45. The molecular formula is C16H19F2N5O2. The van der Waals surface area contributed by atoms with E-state index >= 15 is 0 Å². The highest BCUT2D eigenvalue weighted by Crippen LogP contribution is 2.40.